The molecule has 14 heavy (non-hydrogen) atoms. The smallest absolute Gasteiger partial charge is 0.343 e. The summed E-state index contributed by atoms with van der Waals surface area (Å²) in [5.41, 5.74) is 3.48. The fourth-order valence-corrected chi connectivity index (χ4v) is 0.342. The van der Waals surface area contributed by atoms with E-state index in [0.717, 1.165) is 11.0 Å². The summed E-state index contributed by atoms with van der Waals surface area (Å²) in [4.78, 5) is 9.71. The van der Waals surface area contributed by atoms with E-state index in [0.29, 0.717) is 0 Å². The van der Waals surface area contributed by atoms with E-state index >= 15 is 0 Å². The molecular weight excluding hydrogens is 210 g/mol. The van der Waals surface area contributed by atoms with Crippen LogP contribution in [-0.2, 0) is 0 Å². The van der Waals surface area contributed by atoms with Crippen LogP contribution >= 0.6 is 0 Å². The Morgan fingerprint density at radius 3 is 1.64 bits per heavy atom. The summed E-state index contributed by atoms with van der Waals surface area (Å²) in [6.45, 7) is 1.11. The number of aliphatic hydroxyl groups excluding tert-OH is 1. The number of nitrogens with zero attached hydrogens (tertiary/aromatic N) is 1. The van der Waals surface area contributed by atoms with Gasteiger partial charge in [0.05, 0.1) is 27.7 Å². The average molecular weight is 230 g/mol. The van der Waals surface area contributed by atoms with Gasteiger partial charge in [0.2, 0.25) is 0 Å². The minimum absolute atomic E-state index is 0. The van der Waals surface area contributed by atoms with Crippen molar-refractivity contribution in [1.29, 1.82) is 0 Å². The van der Waals surface area contributed by atoms with Gasteiger partial charge >= 0.3 is 6.03 Å². The highest BCUT2D eigenvalue weighted by molar-refractivity contribution is 5.72. The average Bonchev–Trinajstić information content (AvgIpc) is 2.02. The molecule has 0 spiro atoms. The van der Waals surface area contributed by atoms with Crippen molar-refractivity contribution < 1.29 is 26.8 Å². The Hall–Kier alpha value is -0.600. The molecule has 0 saturated heterocycles. The van der Waals surface area contributed by atoms with Gasteiger partial charge in [-0.15, -0.1) is 0 Å². The number of amides is 2. The molecular formula is C6H20ClN5O2. The molecule has 0 rings (SSSR count). The number of rotatable bonds is 2. The maximum atomic E-state index is 9.71. The first-order valence-corrected chi connectivity index (χ1v) is 3.76. The third-order valence-electron chi connectivity index (χ3n) is 1.03. The number of likely N-dealkylation sites (N-methyl/N-ethyl adjacent to an activating group) is 1. The van der Waals surface area contributed by atoms with Gasteiger partial charge in [0.15, 0.2) is 0 Å². The Labute approximate surface area is 90.4 Å². The molecule has 0 aromatic heterocycles. The number of nitrogens with two attached hydrogens (primary N) is 2. The minimum atomic E-state index is -0.602. The molecule has 0 aliphatic heterocycles. The van der Waals surface area contributed by atoms with Crippen molar-refractivity contribution >= 4 is 6.03 Å². The maximum absolute atomic E-state index is 9.71. The van der Waals surface area contributed by atoms with Crippen LogP contribution in [0.3, 0.4) is 0 Å². The fraction of sp³-hybridized carbons (Fsp3) is 0.833. The van der Waals surface area contributed by atoms with Crippen LogP contribution < -0.4 is 34.9 Å². The van der Waals surface area contributed by atoms with E-state index < -0.39 is 6.03 Å². The van der Waals surface area contributed by atoms with Crippen molar-refractivity contribution in [1.82, 2.24) is 10.9 Å². The molecule has 7 N–H and O–H groups in total. The van der Waals surface area contributed by atoms with E-state index in [1.807, 2.05) is 0 Å². The topological polar surface area (TPSA) is 113 Å². The zero-order valence-electron chi connectivity index (χ0n) is 8.75. The standard InChI is InChI=1S/C5H14NO.CH6N4O.ClH/c1-6(2,3)4-5-7;2-4-1(6)5-3;/h7H,4-5H2,1-3H3;2-3H2,(H2,4,5,6);1H/q+1;;/p-1. The Balaban J connectivity index is -0.000000163. The van der Waals surface area contributed by atoms with Gasteiger partial charge in [-0.3, -0.25) is 10.9 Å². The quantitative estimate of drug-likeness (QED) is 0.141. The van der Waals surface area contributed by atoms with Crippen LogP contribution in [0.5, 0.6) is 0 Å². The largest absolute Gasteiger partial charge is 1.00 e. The van der Waals surface area contributed by atoms with Crippen LogP contribution in [0.2, 0.25) is 0 Å². The molecule has 2 amide bonds. The second-order valence-corrected chi connectivity index (χ2v) is 3.36. The Kier molecular flexibility index (Phi) is 14.3. The molecule has 8 heteroatoms. The highest BCUT2D eigenvalue weighted by atomic mass is 35.5. The van der Waals surface area contributed by atoms with Crippen LogP contribution in [0, 0.1) is 0 Å². The number of carbonyl (C=O) groups is 1. The van der Waals surface area contributed by atoms with Gasteiger partial charge in [-0.1, -0.05) is 0 Å². The van der Waals surface area contributed by atoms with E-state index in [1.54, 1.807) is 10.9 Å². The predicted octanol–water partition coefficient (Wildman–Crippen LogP) is -5.28. The predicted molar refractivity (Wildman–Crippen MR) is 50.0 cm³/mol. The van der Waals surface area contributed by atoms with Gasteiger partial charge in [0.25, 0.3) is 0 Å². The lowest BCUT2D eigenvalue weighted by Gasteiger charge is -2.21. The number of hydrogen-bond donors (Lipinski definition) is 5. The van der Waals surface area contributed by atoms with E-state index in [4.69, 9.17) is 5.11 Å². The number of halogens is 1. The van der Waals surface area contributed by atoms with Crippen LogP contribution in [0.15, 0.2) is 0 Å². The second kappa shape index (κ2) is 10.5. The molecule has 7 nitrogen and oxygen atoms in total. The van der Waals surface area contributed by atoms with E-state index in [1.165, 1.54) is 0 Å². The molecule has 0 bridgehead atoms. The van der Waals surface area contributed by atoms with Gasteiger partial charge < -0.3 is 22.0 Å². The van der Waals surface area contributed by atoms with Gasteiger partial charge in [0, 0.05) is 0 Å². The first kappa shape index (κ1) is 19.0. The molecule has 0 aromatic rings. The molecule has 0 aromatic carbocycles. The zero-order valence-corrected chi connectivity index (χ0v) is 9.51. The van der Waals surface area contributed by atoms with Crippen molar-refractivity contribution in [2.75, 3.05) is 34.3 Å². The first-order chi connectivity index (χ1) is 5.87. The summed E-state index contributed by atoms with van der Waals surface area (Å²) < 4.78 is 0.844. The van der Waals surface area contributed by atoms with Gasteiger partial charge in [0.1, 0.15) is 6.54 Å². The molecule has 0 fully saturated rings. The molecule has 0 aliphatic carbocycles. The third kappa shape index (κ3) is 22.5. The number of hydrogen-bond acceptors (Lipinski definition) is 4. The molecule has 0 heterocycles. The summed E-state index contributed by atoms with van der Waals surface area (Å²) in [6.07, 6.45) is 0. The fourth-order valence-electron chi connectivity index (χ4n) is 0.342. The number of urea groups is 1. The van der Waals surface area contributed by atoms with Crippen molar-refractivity contribution in [3.8, 4) is 0 Å². The highest BCUT2D eigenvalue weighted by Crippen LogP contribution is 1.84. The van der Waals surface area contributed by atoms with Crippen LogP contribution in [0.25, 0.3) is 0 Å². The lowest BCUT2D eigenvalue weighted by atomic mass is 10.5. The third-order valence-corrected chi connectivity index (χ3v) is 1.03. The lowest BCUT2D eigenvalue weighted by Crippen LogP contribution is -3.00. The number of aliphatic hydroxyl groups is 1. The molecule has 0 atom stereocenters. The van der Waals surface area contributed by atoms with Crippen LogP contribution in [-0.4, -0.2) is 49.9 Å². The van der Waals surface area contributed by atoms with Crippen molar-refractivity contribution in [3.05, 3.63) is 0 Å². The van der Waals surface area contributed by atoms with Gasteiger partial charge in [-0.2, -0.15) is 0 Å². The molecule has 0 aliphatic rings. The summed E-state index contributed by atoms with van der Waals surface area (Å²) in [5.74, 6) is 9.08. The first-order valence-electron chi connectivity index (χ1n) is 3.76. The summed E-state index contributed by atoms with van der Waals surface area (Å²) in [6, 6.07) is -0.602. The SMILES string of the molecule is C[N+](C)(C)CCO.NNC(=O)NN.[Cl-]. The van der Waals surface area contributed by atoms with E-state index in [2.05, 4.69) is 32.8 Å². The van der Waals surface area contributed by atoms with Gasteiger partial charge in [-0.25, -0.2) is 16.5 Å². The monoisotopic (exact) mass is 229 g/mol. The van der Waals surface area contributed by atoms with Crippen LogP contribution in [0.1, 0.15) is 0 Å². The Morgan fingerprint density at radius 2 is 1.64 bits per heavy atom. The molecule has 0 unspecified atom stereocenters. The molecule has 0 saturated carbocycles. The van der Waals surface area contributed by atoms with E-state index in [-0.39, 0.29) is 19.0 Å². The molecule has 0 radical (unpaired) electrons. The lowest BCUT2D eigenvalue weighted by molar-refractivity contribution is -0.870. The number of hydrazine groups is 2. The maximum Gasteiger partial charge on any atom is 0.343 e. The number of carbonyl (C=O) groups excluding carboxylic acids is 1. The normalized spacial score (nSPS) is 9.00. The highest BCUT2D eigenvalue weighted by Gasteiger charge is 2.02. The number of nitrogens with one attached hydrogen (secondary N) is 2. The Bertz CT molecular complexity index is 133. The second-order valence-electron chi connectivity index (χ2n) is 3.36. The Morgan fingerprint density at radius 1 is 1.29 bits per heavy atom. The summed E-state index contributed by atoms with van der Waals surface area (Å²) in [5, 5.41) is 8.39. The van der Waals surface area contributed by atoms with Crippen molar-refractivity contribution in [2.24, 2.45) is 11.7 Å². The zero-order chi connectivity index (χ0) is 10.9. The van der Waals surface area contributed by atoms with Crippen molar-refractivity contribution in [2.45, 2.75) is 0 Å². The molecule has 88 valence electrons. The van der Waals surface area contributed by atoms with Crippen LogP contribution in [0.4, 0.5) is 4.79 Å². The van der Waals surface area contributed by atoms with Crippen molar-refractivity contribution in [3.63, 3.8) is 0 Å². The number of quaternary nitrogens is 1. The summed E-state index contributed by atoms with van der Waals surface area (Å²) in [7, 11) is 6.16. The summed E-state index contributed by atoms with van der Waals surface area (Å²) >= 11 is 0. The van der Waals surface area contributed by atoms with E-state index in [9.17, 15) is 4.79 Å². The minimum Gasteiger partial charge on any atom is -1.00 e. The van der Waals surface area contributed by atoms with Gasteiger partial charge in [-0.05, 0) is 0 Å².